The van der Waals surface area contributed by atoms with Gasteiger partial charge in [-0.05, 0) is 36.6 Å². The SMILES string of the molecule is N#Cc1ccc(N2CCN3CC(COI)CC3C2)cc1. The molecule has 2 saturated heterocycles. The van der Waals surface area contributed by atoms with E-state index in [0.29, 0.717) is 12.0 Å². The van der Waals surface area contributed by atoms with Crippen molar-refractivity contribution in [3.63, 3.8) is 0 Å². The van der Waals surface area contributed by atoms with Crippen LogP contribution in [0.5, 0.6) is 0 Å². The number of hydrogen-bond acceptors (Lipinski definition) is 4. The van der Waals surface area contributed by atoms with E-state index in [9.17, 15) is 0 Å². The lowest BCUT2D eigenvalue weighted by Crippen LogP contribution is -2.50. The molecule has 3 rings (SSSR count). The second kappa shape index (κ2) is 6.29. The molecule has 2 unspecified atom stereocenters. The van der Waals surface area contributed by atoms with Crippen molar-refractivity contribution in [1.82, 2.24) is 4.90 Å². The molecule has 2 heterocycles. The lowest BCUT2D eigenvalue weighted by atomic mass is 10.1. The molecule has 2 aliphatic rings. The molecule has 2 aliphatic heterocycles. The zero-order valence-corrected chi connectivity index (χ0v) is 13.5. The Bertz CT molecular complexity index is 499. The quantitative estimate of drug-likeness (QED) is 0.752. The predicted molar refractivity (Wildman–Crippen MR) is 86.8 cm³/mol. The van der Waals surface area contributed by atoms with Crippen LogP contribution in [-0.4, -0.2) is 43.7 Å². The van der Waals surface area contributed by atoms with E-state index in [4.69, 9.17) is 8.33 Å². The number of nitriles is 1. The second-order valence-electron chi connectivity index (χ2n) is 5.63. The number of piperazine rings is 1. The largest absolute Gasteiger partial charge is 0.369 e. The molecule has 1 aromatic rings. The molecule has 0 saturated carbocycles. The summed E-state index contributed by atoms with van der Waals surface area (Å²) in [5.74, 6) is 0.679. The highest BCUT2D eigenvalue weighted by Gasteiger charge is 2.36. The Hall–Kier alpha value is -0.840. The third kappa shape index (κ3) is 2.92. The zero-order valence-electron chi connectivity index (χ0n) is 11.3. The molecule has 2 atom stereocenters. The number of halogens is 1. The summed E-state index contributed by atoms with van der Waals surface area (Å²) in [4.78, 5) is 5.04. The van der Waals surface area contributed by atoms with Gasteiger partial charge < -0.3 is 7.97 Å². The molecule has 0 bridgehead atoms. The molecule has 5 heteroatoms. The van der Waals surface area contributed by atoms with Gasteiger partial charge in [0.15, 0.2) is 0 Å². The van der Waals surface area contributed by atoms with Crippen LogP contribution in [0, 0.1) is 17.2 Å². The monoisotopic (exact) mass is 383 g/mol. The highest BCUT2D eigenvalue weighted by molar-refractivity contribution is 14.1. The van der Waals surface area contributed by atoms with Crippen LogP contribution in [0.3, 0.4) is 0 Å². The van der Waals surface area contributed by atoms with Crippen molar-refractivity contribution in [3.05, 3.63) is 29.8 Å². The van der Waals surface area contributed by atoms with E-state index in [-0.39, 0.29) is 0 Å². The molecule has 0 spiro atoms. The van der Waals surface area contributed by atoms with Gasteiger partial charge >= 0.3 is 0 Å². The predicted octanol–water partition coefficient (Wildman–Crippen LogP) is 2.44. The average molecular weight is 383 g/mol. The minimum Gasteiger partial charge on any atom is -0.369 e. The van der Waals surface area contributed by atoms with Gasteiger partial charge in [0.25, 0.3) is 0 Å². The van der Waals surface area contributed by atoms with Gasteiger partial charge in [0, 0.05) is 37.9 Å². The van der Waals surface area contributed by atoms with Crippen LogP contribution in [0.4, 0.5) is 5.69 Å². The summed E-state index contributed by atoms with van der Waals surface area (Å²) in [6.07, 6.45) is 1.23. The molecule has 0 radical (unpaired) electrons. The zero-order chi connectivity index (χ0) is 13.9. The van der Waals surface area contributed by atoms with Crippen LogP contribution in [0.15, 0.2) is 24.3 Å². The smallest absolute Gasteiger partial charge is 0.109 e. The fourth-order valence-electron chi connectivity index (χ4n) is 3.34. The first-order chi connectivity index (χ1) is 9.80. The lowest BCUT2D eigenvalue weighted by Gasteiger charge is -2.38. The molecule has 106 valence electrons. The molecule has 4 nitrogen and oxygen atoms in total. The number of fused-ring (bicyclic) bond motifs is 1. The Labute approximate surface area is 134 Å². The normalized spacial score (nSPS) is 26.3. The third-order valence-corrected chi connectivity index (χ3v) is 4.72. The first-order valence-corrected chi connectivity index (χ1v) is 7.91. The Balaban J connectivity index is 1.65. The molecular weight excluding hydrogens is 365 g/mol. The van der Waals surface area contributed by atoms with E-state index < -0.39 is 0 Å². The van der Waals surface area contributed by atoms with E-state index >= 15 is 0 Å². The molecule has 0 N–H and O–H groups in total. The standard InChI is InChI=1S/C15H18IN3O/c16-20-11-13-7-15-10-19(6-5-18(15)9-13)14-3-1-12(8-17)2-4-14/h1-4,13,15H,5-7,9-11H2. The topological polar surface area (TPSA) is 39.5 Å². The van der Waals surface area contributed by atoms with Crippen LogP contribution in [0.25, 0.3) is 0 Å². The molecule has 0 aliphatic carbocycles. The molecule has 0 aromatic heterocycles. The van der Waals surface area contributed by atoms with Crippen molar-refractivity contribution in [3.8, 4) is 6.07 Å². The van der Waals surface area contributed by atoms with Gasteiger partial charge in [0.05, 0.1) is 18.2 Å². The summed E-state index contributed by atoms with van der Waals surface area (Å²) < 4.78 is 5.27. The highest BCUT2D eigenvalue weighted by atomic mass is 127. The Morgan fingerprint density at radius 1 is 1.25 bits per heavy atom. The van der Waals surface area contributed by atoms with E-state index in [1.54, 1.807) is 0 Å². The van der Waals surface area contributed by atoms with Crippen LogP contribution in [0.2, 0.25) is 0 Å². The second-order valence-corrected chi connectivity index (χ2v) is 6.25. The van der Waals surface area contributed by atoms with E-state index in [0.717, 1.165) is 31.8 Å². The first kappa shape index (κ1) is 14.1. The third-order valence-electron chi connectivity index (χ3n) is 4.36. The maximum atomic E-state index is 8.86. The summed E-state index contributed by atoms with van der Waals surface area (Å²) in [6.45, 7) is 5.32. The van der Waals surface area contributed by atoms with Crippen LogP contribution in [-0.2, 0) is 3.07 Å². The molecule has 1 aromatic carbocycles. The Kier molecular flexibility index (Phi) is 4.44. The van der Waals surface area contributed by atoms with Gasteiger partial charge in [0.1, 0.15) is 23.0 Å². The molecule has 0 amide bonds. The van der Waals surface area contributed by atoms with Gasteiger partial charge in [-0.25, -0.2) is 0 Å². The number of nitrogens with zero attached hydrogens (tertiary/aromatic N) is 3. The van der Waals surface area contributed by atoms with Crippen molar-refractivity contribution in [2.45, 2.75) is 12.5 Å². The minimum atomic E-state index is 0.649. The van der Waals surface area contributed by atoms with Crippen molar-refractivity contribution in [2.24, 2.45) is 5.92 Å². The lowest BCUT2D eigenvalue weighted by molar-refractivity contribution is 0.224. The number of hydrogen-bond donors (Lipinski definition) is 0. The van der Waals surface area contributed by atoms with Crippen LogP contribution >= 0.6 is 23.0 Å². The minimum absolute atomic E-state index is 0.649. The van der Waals surface area contributed by atoms with Gasteiger partial charge in [0.2, 0.25) is 0 Å². The average Bonchev–Trinajstić information content (AvgIpc) is 2.89. The van der Waals surface area contributed by atoms with Crippen molar-refractivity contribution in [2.75, 3.05) is 37.7 Å². The van der Waals surface area contributed by atoms with E-state index in [2.05, 4.69) is 28.0 Å². The Morgan fingerprint density at radius 3 is 2.75 bits per heavy atom. The van der Waals surface area contributed by atoms with Gasteiger partial charge in [-0.3, -0.25) is 4.90 Å². The van der Waals surface area contributed by atoms with E-state index in [1.165, 1.54) is 18.7 Å². The number of rotatable bonds is 3. The maximum Gasteiger partial charge on any atom is 0.109 e. The summed E-state index contributed by atoms with van der Waals surface area (Å²) >= 11 is 2.00. The molecule has 2 fully saturated rings. The van der Waals surface area contributed by atoms with Crippen molar-refractivity contribution >= 4 is 28.7 Å². The molecular formula is C15H18IN3O. The number of anilines is 1. The maximum absolute atomic E-state index is 8.86. The summed E-state index contributed by atoms with van der Waals surface area (Å²) in [6, 6.07) is 10.8. The summed E-state index contributed by atoms with van der Waals surface area (Å²) in [5.41, 5.74) is 1.96. The van der Waals surface area contributed by atoms with Gasteiger partial charge in [-0.1, -0.05) is 0 Å². The van der Waals surface area contributed by atoms with E-state index in [1.807, 2.05) is 35.1 Å². The van der Waals surface area contributed by atoms with Crippen molar-refractivity contribution in [1.29, 1.82) is 5.26 Å². The summed E-state index contributed by atoms with van der Waals surface area (Å²) in [5, 5.41) is 8.86. The first-order valence-electron chi connectivity index (χ1n) is 7.03. The summed E-state index contributed by atoms with van der Waals surface area (Å²) in [7, 11) is 0. The fourth-order valence-corrected chi connectivity index (χ4v) is 3.85. The number of benzene rings is 1. The van der Waals surface area contributed by atoms with Crippen LogP contribution in [0.1, 0.15) is 12.0 Å². The van der Waals surface area contributed by atoms with Crippen molar-refractivity contribution < 1.29 is 3.07 Å². The Morgan fingerprint density at radius 2 is 2.05 bits per heavy atom. The van der Waals surface area contributed by atoms with Crippen LogP contribution < -0.4 is 4.90 Å². The fraction of sp³-hybridized carbons (Fsp3) is 0.533. The van der Waals surface area contributed by atoms with Gasteiger partial charge in [-0.2, -0.15) is 5.26 Å². The van der Waals surface area contributed by atoms with Gasteiger partial charge in [-0.15, -0.1) is 0 Å². The molecule has 20 heavy (non-hydrogen) atoms. The highest BCUT2D eigenvalue weighted by Crippen LogP contribution is 2.29.